The largest absolute Gasteiger partial charge is 0.386 e. The van der Waals surface area contributed by atoms with Gasteiger partial charge in [0.15, 0.2) is 5.78 Å². The van der Waals surface area contributed by atoms with Gasteiger partial charge in [0.1, 0.15) is 17.9 Å². The number of imidazole rings is 1. The van der Waals surface area contributed by atoms with Gasteiger partial charge in [-0.3, -0.25) is 19.5 Å². The first kappa shape index (κ1) is 24.4. The van der Waals surface area contributed by atoms with Gasteiger partial charge in [-0.15, -0.1) is 0 Å². The number of carbonyl (C=O) groups excluding carboxylic acids is 1. The molecular formula is C19H23ClN4O7. The van der Waals surface area contributed by atoms with Crippen LogP contribution in [0.25, 0.3) is 0 Å². The number of rotatable bonds is 12. The number of unbranched alkanes of at least 4 members (excludes halogenated alkanes) is 1. The number of ether oxygens (including phenoxy) is 1. The normalized spacial score (nSPS) is 14.1. The van der Waals surface area contributed by atoms with Crippen LogP contribution in [0.3, 0.4) is 0 Å². The van der Waals surface area contributed by atoms with Gasteiger partial charge in [0.2, 0.25) is 0 Å². The molecule has 31 heavy (non-hydrogen) atoms. The van der Waals surface area contributed by atoms with Crippen LogP contribution in [0.5, 0.6) is 0 Å². The van der Waals surface area contributed by atoms with Crippen LogP contribution >= 0.6 is 11.6 Å². The van der Waals surface area contributed by atoms with E-state index in [2.05, 4.69) is 4.98 Å². The molecule has 0 amide bonds. The number of benzene rings is 1. The molecule has 2 rings (SSSR count). The van der Waals surface area contributed by atoms with Crippen LogP contribution in [0.1, 0.15) is 43.5 Å². The molecule has 2 unspecified atom stereocenters. The summed E-state index contributed by atoms with van der Waals surface area (Å²) in [7, 11) is 0. The lowest BCUT2D eigenvalue weighted by molar-refractivity contribution is -0.389. The van der Waals surface area contributed by atoms with Gasteiger partial charge >= 0.3 is 11.1 Å². The van der Waals surface area contributed by atoms with Gasteiger partial charge in [0.25, 0.3) is 5.69 Å². The van der Waals surface area contributed by atoms with Gasteiger partial charge in [-0.05, 0) is 47.0 Å². The summed E-state index contributed by atoms with van der Waals surface area (Å²) in [5, 5.41) is 32.1. The van der Waals surface area contributed by atoms with Gasteiger partial charge in [-0.1, -0.05) is 19.8 Å². The Balaban J connectivity index is 2.09. The molecule has 0 aliphatic carbocycles. The SMILES string of the molecule is CCCCC(OCC(C)(O)Cn1cc([N+](=O)[O-])nc1Cl)C(=O)c1ccc([N+](=O)[O-])cc1. The smallest absolute Gasteiger partial charge is 0.383 e. The lowest BCUT2D eigenvalue weighted by Gasteiger charge is -2.26. The number of aromatic nitrogens is 2. The summed E-state index contributed by atoms with van der Waals surface area (Å²) in [6.07, 6.45) is 2.16. The van der Waals surface area contributed by atoms with E-state index in [1.807, 2.05) is 6.92 Å². The first-order chi connectivity index (χ1) is 14.5. The van der Waals surface area contributed by atoms with Crippen LogP contribution in [-0.4, -0.2) is 48.6 Å². The Kier molecular flexibility index (Phi) is 8.20. The number of hydrogen-bond donors (Lipinski definition) is 1. The van der Waals surface area contributed by atoms with Gasteiger partial charge in [-0.2, -0.15) is 0 Å². The predicted molar refractivity (Wildman–Crippen MR) is 111 cm³/mol. The van der Waals surface area contributed by atoms with Crippen molar-refractivity contribution < 1.29 is 24.5 Å². The zero-order valence-corrected chi connectivity index (χ0v) is 17.8. The number of carbonyl (C=O) groups is 1. The monoisotopic (exact) mass is 454 g/mol. The molecule has 1 N–H and O–H groups in total. The summed E-state index contributed by atoms with van der Waals surface area (Å²) in [4.78, 5) is 36.8. The van der Waals surface area contributed by atoms with E-state index in [1.54, 1.807) is 0 Å². The molecule has 1 heterocycles. The zero-order valence-electron chi connectivity index (χ0n) is 17.1. The van der Waals surface area contributed by atoms with Gasteiger partial charge < -0.3 is 20.0 Å². The van der Waals surface area contributed by atoms with Crippen LogP contribution < -0.4 is 0 Å². The zero-order chi connectivity index (χ0) is 23.2. The maximum atomic E-state index is 12.9. The van der Waals surface area contributed by atoms with Crippen LogP contribution in [-0.2, 0) is 11.3 Å². The minimum atomic E-state index is -1.50. The molecule has 0 saturated carbocycles. The van der Waals surface area contributed by atoms with Crippen molar-refractivity contribution in [3.8, 4) is 0 Å². The van der Waals surface area contributed by atoms with Gasteiger partial charge in [0.05, 0.1) is 18.1 Å². The molecule has 0 saturated heterocycles. The second-order valence-corrected chi connectivity index (χ2v) is 7.70. The Morgan fingerprint density at radius 3 is 2.45 bits per heavy atom. The van der Waals surface area contributed by atoms with Crippen molar-refractivity contribution in [3.05, 3.63) is 61.5 Å². The highest BCUT2D eigenvalue weighted by molar-refractivity contribution is 6.28. The second kappa shape index (κ2) is 10.4. The van der Waals surface area contributed by atoms with Crippen LogP contribution in [0.2, 0.25) is 5.28 Å². The molecule has 0 aliphatic rings. The number of Topliss-reactive ketones (excluding diaryl/α,β-unsaturated/α-hetero) is 1. The Labute approximate surface area is 182 Å². The van der Waals surface area contributed by atoms with E-state index in [9.17, 15) is 30.1 Å². The maximum absolute atomic E-state index is 12.9. The van der Waals surface area contributed by atoms with Crippen molar-refractivity contribution in [2.75, 3.05) is 6.61 Å². The summed E-state index contributed by atoms with van der Waals surface area (Å²) in [5.41, 5.74) is -1.37. The molecule has 2 aromatic rings. The summed E-state index contributed by atoms with van der Waals surface area (Å²) >= 11 is 5.89. The molecule has 1 aromatic carbocycles. The number of nitro benzene ring substituents is 1. The Morgan fingerprint density at radius 2 is 1.94 bits per heavy atom. The maximum Gasteiger partial charge on any atom is 0.383 e. The van der Waals surface area contributed by atoms with E-state index in [4.69, 9.17) is 16.3 Å². The molecule has 12 heteroatoms. The van der Waals surface area contributed by atoms with Crippen LogP contribution in [0, 0.1) is 20.2 Å². The third kappa shape index (κ3) is 6.81. The summed E-state index contributed by atoms with van der Waals surface area (Å²) in [5.74, 6) is -0.800. The van der Waals surface area contributed by atoms with Crippen molar-refractivity contribution in [3.63, 3.8) is 0 Å². The third-order valence-electron chi connectivity index (χ3n) is 4.48. The van der Waals surface area contributed by atoms with Crippen LogP contribution in [0.4, 0.5) is 11.5 Å². The van der Waals surface area contributed by atoms with E-state index in [0.717, 1.165) is 12.6 Å². The van der Waals surface area contributed by atoms with E-state index in [-0.39, 0.29) is 35.5 Å². The molecule has 0 bridgehead atoms. The number of nitrogens with zero attached hydrogens (tertiary/aromatic N) is 4. The Morgan fingerprint density at radius 1 is 1.29 bits per heavy atom. The van der Waals surface area contributed by atoms with Crippen molar-refractivity contribution >= 4 is 28.9 Å². The number of nitro groups is 2. The quantitative estimate of drug-likeness (QED) is 0.290. The lowest BCUT2D eigenvalue weighted by atomic mass is 10.0. The van der Waals surface area contributed by atoms with E-state index in [0.29, 0.717) is 12.8 Å². The summed E-state index contributed by atoms with van der Waals surface area (Å²) in [6.45, 7) is 3.02. The highest BCUT2D eigenvalue weighted by atomic mass is 35.5. The lowest BCUT2D eigenvalue weighted by Crippen LogP contribution is -2.39. The van der Waals surface area contributed by atoms with Crippen LogP contribution in [0.15, 0.2) is 30.5 Å². The number of hydrogen-bond acceptors (Lipinski definition) is 8. The minimum absolute atomic E-state index is 0.128. The molecule has 168 valence electrons. The summed E-state index contributed by atoms with van der Waals surface area (Å²) in [6, 6.07) is 5.22. The number of halogens is 1. The fourth-order valence-electron chi connectivity index (χ4n) is 2.88. The molecular weight excluding hydrogens is 432 g/mol. The minimum Gasteiger partial charge on any atom is -0.386 e. The Bertz CT molecular complexity index is 943. The topological polar surface area (TPSA) is 151 Å². The molecule has 0 radical (unpaired) electrons. The van der Waals surface area contributed by atoms with Crippen molar-refractivity contribution in [2.45, 2.75) is 51.4 Å². The molecule has 0 aliphatic heterocycles. The van der Waals surface area contributed by atoms with Crippen molar-refractivity contribution in [1.29, 1.82) is 0 Å². The second-order valence-electron chi connectivity index (χ2n) is 7.36. The molecule has 1 aromatic heterocycles. The van der Waals surface area contributed by atoms with E-state index < -0.39 is 27.4 Å². The molecule has 0 spiro atoms. The molecule has 0 fully saturated rings. The summed E-state index contributed by atoms with van der Waals surface area (Å²) < 4.78 is 6.95. The number of ketones is 1. The molecule has 11 nitrogen and oxygen atoms in total. The van der Waals surface area contributed by atoms with E-state index in [1.165, 1.54) is 35.8 Å². The number of non-ortho nitro benzene ring substituents is 1. The fourth-order valence-corrected chi connectivity index (χ4v) is 3.08. The van der Waals surface area contributed by atoms with Crippen molar-refractivity contribution in [2.24, 2.45) is 0 Å². The fraction of sp³-hybridized carbons (Fsp3) is 0.474. The predicted octanol–water partition coefficient (Wildman–Crippen LogP) is 3.56. The average molecular weight is 455 g/mol. The third-order valence-corrected chi connectivity index (χ3v) is 4.79. The standard InChI is InChI=1S/C19H23ClN4O7/c1-3-4-5-15(17(25)13-6-8-14(9-7-13)23(27)28)31-12-19(2,26)11-22-10-16(24(29)30)21-18(22)20/h6-10,15,26H,3-5,11-12H2,1-2H3. The first-order valence-electron chi connectivity index (χ1n) is 9.54. The highest BCUT2D eigenvalue weighted by Gasteiger charge is 2.29. The molecule has 2 atom stereocenters. The van der Waals surface area contributed by atoms with Gasteiger partial charge in [-0.25, -0.2) is 0 Å². The number of aliphatic hydroxyl groups is 1. The first-order valence-corrected chi connectivity index (χ1v) is 9.91. The average Bonchev–Trinajstić information content (AvgIpc) is 3.07. The van der Waals surface area contributed by atoms with Gasteiger partial charge in [0, 0.05) is 17.7 Å². The Hall–Kier alpha value is -2.89. The highest BCUT2D eigenvalue weighted by Crippen LogP contribution is 2.21. The van der Waals surface area contributed by atoms with Crippen molar-refractivity contribution in [1.82, 2.24) is 9.55 Å². The van der Waals surface area contributed by atoms with E-state index >= 15 is 0 Å².